The largest absolute Gasteiger partial charge is 0.494 e. The molecule has 1 unspecified atom stereocenters. The second-order valence-electron chi connectivity index (χ2n) is 6.02. The number of hydrogen-bond acceptors (Lipinski definition) is 3. The van der Waals surface area contributed by atoms with Crippen LogP contribution in [0.15, 0.2) is 18.2 Å². The maximum atomic E-state index is 14.3. The number of hydrazine groups is 1. The van der Waals surface area contributed by atoms with Crippen LogP contribution < -0.4 is 16.0 Å². The second-order valence-corrected chi connectivity index (χ2v) is 6.02. The summed E-state index contributed by atoms with van der Waals surface area (Å²) in [6.45, 7) is 0. The number of nitrogens with one attached hydrogen (secondary N) is 1. The molecule has 3 N–H and O–H groups in total. The Balaban J connectivity index is 2.07. The van der Waals surface area contributed by atoms with Gasteiger partial charge in [-0.25, -0.2) is 4.39 Å². The van der Waals surface area contributed by atoms with E-state index in [-0.39, 0.29) is 11.9 Å². The highest BCUT2D eigenvalue weighted by Gasteiger charge is 2.23. The molecule has 118 valence electrons. The molecule has 1 aromatic carbocycles. The summed E-state index contributed by atoms with van der Waals surface area (Å²) in [5.74, 6) is 6.34. The van der Waals surface area contributed by atoms with Gasteiger partial charge in [-0.2, -0.15) is 0 Å². The smallest absolute Gasteiger partial charge is 0.168 e. The Kier molecular flexibility index (Phi) is 6.46. The summed E-state index contributed by atoms with van der Waals surface area (Å²) in [4.78, 5) is 0. The zero-order valence-electron chi connectivity index (χ0n) is 12.9. The summed E-state index contributed by atoms with van der Waals surface area (Å²) < 4.78 is 19.3. The monoisotopic (exact) mass is 294 g/mol. The third-order valence-electron chi connectivity index (χ3n) is 4.64. The molecule has 0 spiro atoms. The highest BCUT2D eigenvalue weighted by molar-refractivity contribution is 5.31. The van der Waals surface area contributed by atoms with Crippen molar-refractivity contribution in [2.75, 3.05) is 7.11 Å². The first kappa shape index (κ1) is 16.2. The van der Waals surface area contributed by atoms with Gasteiger partial charge in [-0.1, -0.05) is 44.2 Å². The third kappa shape index (κ3) is 4.42. The van der Waals surface area contributed by atoms with Crippen molar-refractivity contribution < 1.29 is 9.13 Å². The van der Waals surface area contributed by atoms with Gasteiger partial charge in [0.1, 0.15) is 0 Å². The fourth-order valence-corrected chi connectivity index (χ4v) is 3.36. The van der Waals surface area contributed by atoms with E-state index >= 15 is 0 Å². The lowest BCUT2D eigenvalue weighted by Crippen LogP contribution is -2.43. The molecule has 3 nitrogen and oxygen atoms in total. The first-order chi connectivity index (χ1) is 10.3. The summed E-state index contributed by atoms with van der Waals surface area (Å²) in [7, 11) is 1.50. The molecular formula is C17H27FN2O. The fourth-order valence-electron chi connectivity index (χ4n) is 3.36. The molecular weight excluding hydrogens is 267 g/mol. The normalized spacial score (nSPS) is 18.8. The molecule has 1 fully saturated rings. The third-order valence-corrected chi connectivity index (χ3v) is 4.64. The Morgan fingerprint density at radius 1 is 1.24 bits per heavy atom. The van der Waals surface area contributed by atoms with Crippen LogP contribution in [0.1, 0.15) is 50.5 Å². The van der Waals surface area contributed by atoms with Crippen LogP contribution in [0.4, 0.5) is 4.39 Å². The predicted molar refractivity (Wildman–Crippen MR) is 83.6 cm³/mol. The minimum atomic E-state index is -0.258. The molecule has 1 aliphatic carbocycles. The molecule has 1 aliphatic rings. The topological polar surface area (TPSA) is 47.3 Å². The molecule has 1 saturated carbocycles. The van der Waals surface area contributed by atoms with E-state index < -0.39 is 0 Å². The van der Waals surface area contributed by atoms with E-state index in [1.54, 1.807) is 6.07 Å². The van der Waals surface area contributed by atoms with Gasteiger partial charge in [0.05, 0.1) is 7.11 Å². The van der Waals surface area contributed by atoms with Gasteiger partial charge >= 0.3 is 0 Å². The molecule has 4 heteroatoms. The molecule has 21 heavy (non-hydrogen) atoms. The van der Waals surface area contributed by atoms with E-state index in [2.05, 4.69) is 5.43 Å². The highest BCUT2D eigenvalue weighted by atomic mass is 19.1. The van der Waals surface area contributed by atoms with E-state index in [0.29, 0.717) is 23.7 Å². The quantitative estimate of drug-likeness (QED) is 0.644. The lowest BCUT2D eigenvalue weighted by Gasteiger charge is -2.28. The molecule has 0 amide bonds. The van der Waals surface area contributed by atoms with Gasteiger partial charge in [-0.05, 0) is 36.8 Å². The number of rotatable bonds is 5. The van der Waals surface area contributed by atoms with Crippen LogP contribution in [0.2, 0.25) is 0 Å². The summed E-state index contributed by atoms with van der Waals surface area (Å²) in [5, 5.41) is 0. The number of halogens is 1. The van der Waals surface area contributed by atoms with Gasteiger partial charge < -0.3 is 4.74 Å². The van der Waals surface area contributed by atoms with Crippen LogP contribution in [0.3, 0.4) is 0 Å². The van der Waals surface area contributed by atoms with Gasteiger partial charge in [0.15, 0.2) is 11.6 Å². The van der Waals surface area contributed by atoms with E-state index in [9.17, 15) is 4.39 Å². The van der Waals surface area contributed by atoms with E-state index in [0.717, 1.165) is 0 Å². The average Bonchev–Trinajstić information content (AvgIpc) is 2.47. The van der Waals surface area contributed by atoms with Crippen molar-refractivity contribution in [1.29, 1.82) is 0 Å². The van der Waals surface area contributed by atoms with E-state index in [4.69, 9.17) is 10.6 Å². The molecule has 0 aliphatic heterocycles. The standard InChI is InChI=1S/C17H27FN2O/c1-21-16-11-7-10-14(17(16)18)12-15(20-19)13-8-5-3-2-4-6-9-13/h7,10-11,13,15,20H,2-6,8-9,12,19H2,1H3. The van der Waals surface area contributed by atoms with Crippen molar-refractivity contribution in [3.63, 3.8) is 0 Å². The molecule has 0 bridgehead atoms. The molecule has 0 heterocycles. The van der Waals surface area contributed by atoms with Gasteiger partial charge in [-0.15, -0.1) is 0 Å². The summed E-state index contributed by atoms with van der Waals surface area (Å²) >= 11 is 0. The lowest BCUT2D eigenvalue weighted by atomic mass is 9.83. The highest BCUT2D eigenvalue weighted by Crippen LogP contribution is 2.28. The fraction of sp³-hybridized carbons (Fsp3) is 0.647. The molecule has 0 saturated heterocycles. The van der Waals surface area contributed by atoms with Gasteiger partial charge in [-0.3, -0.25) is 11.3 Å². The number of methoxy groups -OCH3 is 1. The Morgan fingerprint density at radius 3 is 2.52 bits per heavy atom. The van der Waals surface area contributed by atoms with Crippen molar-refractivity contribution in [3.05, 3.63) is 29.6 Å². The predicted octanol–water partition coefficient (Wildman–Crippen LogP) is 3.57. The zero-order valence-corrected chi connectivity index (χ0v) is 12.9. The average molecular weight is 294 g/mol. The molecule has 1 atom stereocenters. The Morgan fingerprint density at radius 2 is 1.90 bits per heavy atom. The summed E-state index contributed by atoms with van der Waals surface area (Å²) in [6, 6.07) is 5.44. The van der Waals surface area contributed by atoms with Crippen molar-refractivity contribution in [3.8, 4) is 5.75 Å². The first-order valence-electron chi connectivity index (χ1n) is 8.03. The van der Waals surface area contributed by atoms with Crippen LogP contribution in [0.25, 0.3) is 0 Å². The van der Waals surface area contributed by atoms with E-state index in [1.165, 1.54) is 52.1 Å². The maximum absolute atomic E-state index is 14.3. The summed E-state index contributed by atoms with van der Waals surface area (Å²) in [5.41, 5.74) is 3.61. The Hall–Kier alpha value is -1.13. The van der Waals surface area contributed by atoms with Crippen LogP contribution in [-0.4, -0.2) is 13.2 Å². The van der Waals surface area contributed by atoms with Crippen molar-refractivity contribution >= 4 is 0 Å². The lowest BCUT2D eigenvalue weighted by molar-refractivity contribution is 0.282. The van der Waals surface area contributed by atoms with Gasteiger partial charge in [0, 0.05) is 6.04 Å². The van der Waals surface area contributed by atoms with Crippen LogP contribution >= 0.6 is 0 Å². The molecule has 0 aromatic heterocycles. The van der Waals surface area contributed by atoms with Gasteiger partial charge in [0.2, 0.25) is 0 Å². The molecule has 1 aromatic rings. The number of nitrogens with two attached hydrogens (primary N) is 1. The Labute approximate surface area is 127 Å². The summed E-state index contributed by atoms with van der Waals surface area (Å²) in [6.07, 6.45) is 9.44. The zero-order chi connectivity index (χ0) is 15.1. The van der Waals surface area contributed by atoms with Gasteiger partial charge in [0.25, 0.3) is 0 Å². The van der Waals surface area contributed by atoms with Crippen molar-refractivity contribution in [1.82, 2.24) is 5.43 Å². The molecule has 2 rings (SSSR count). The SMILES string of the molecule is COc1cccc(CC(NN)C2CCCCCCC2)c1F. The van der Waals surface area contributed by atoms with Crippen molar-refractivity contribution in [2.24, 2.45) is 11.8 Å². The number of benzene rings is 1. The van der Waals surface area contributed by atoms with Crippen LogP contribution in [0.5, 0.6) is 5.75 Å². The number of hydrogen-bond donors (Lipinski definition) is 2. The van der Waals surface area contributed by atoms with E-state index in [1.807, 2.05) is 12.1 Å². The first-order valence-corrected chi connectivity index (χ1v) is 8.03. The molecule has 0 radical (unpaired) electrons. The maximum Gasteiger partial charge on any atom is 0.168 e. The number of ether oxygens (including phenoxy) is 1. The van der Waals surface area contributed by atoms with Crippen molar-refractivity contribution in [2.45, 2.75) is 57.4 Å². The minimum absolute atomic E-state index is 0.129. The minimum Gasteiger partial charge on any atom is -0.494 e. The van der Waals surface area contributed by atoms with Crippen LogP contribution in [-0.2, 0) is 6.42 Å². The van der Waals surface area contributed by atoms with Crippen LogP contribution in [0, 0.1) is 11.7 Å². The Bertz CT molecular complexity index is 431. The second kappa shape index (κ2) is 8.35.